The van der Waals surface area contributed by atoms with Crippen LogP contribution in [-0.4, -0.2) is 39.8 Å². The zero-order chi connectivity index (χ0) is 19.0. The highest BCUT2D eigenvalue weighted by atomic mass is 35.5. The number of nitrogens with zero attached hydrogens (tertiary/aromatic N) is 1. The molecule has 0 spiro atoms. The number of benzene rings is 1. The van der Waals surface area contributed by atoms with Gasteiger partial charge in [-0.3, -0.25) is 4.99 Å². The second-order valence-electron chi connectivity index (χ2n) is 6.61. The molecular formula is C18H29ClN4O2S. The predicted molar refractivity (Wildman–Crippen MR) is 108 cm³/mol. The quantitative estimate of drug-likeness (QED) is 0.439. The van der Waals surface area contributed by atoms with Crippen molar-refractivity contribution >= 4 is 27.6 Å². The van der Waals surface area contributed by atoms with Gasteiger partial charge < -0.3 is 10.6 Å². The minimum absolute atomic E-state index is 0.0171. The lowest BCUT2D eigenvalue weighted by Gasteiger charge is -2.25. The molecule has 1 atom stereocenters. The van der Waals surface area contributed by atoms with Crippen LogP contribution in [0.1, 0.15) is 44.7 Å². The van der Waals surface area contributed by atoms with Crippen molar-refractivity contribution in [3.8, 4) is 0 Å². The fraction of sp³-hybridized carbons (Fsp3) is 0.611. The molecule has 0 bridgehead atoms. The average molecular weight is 401 g/mol. The summed E-state index contributed by atoms with van der Waals surface area (Å²) in [4.78, 5) is 4.39. The fourth-order valence-electron chi connectivity index (χ4n) is 2.72. The summed E-state index contributed by atoms with van der Waals surface area (Å²) in [6.45, 7) is 5.39. The van der Waals surface area contributed by atoms with Crippen molar-refractivity contribution in [2.75, 3.05) is 25.4 Å². The van der Waals surface area contributed by atoms with Crippen LogP contribution < -0.4 is 15.4 Å². The first-order chi connectivity index (χ1) is 12.4. The maximum absolute atomic E-state index is 12.1. The van der Waals surface area contributed by atoms with E-state index in [0.29, 0.717) is 30.0 Å². The van der Waals surface area contributed by atoms with E-state index in [0.717, 1.165) is 18.4 Å². The summed E-state index contributed by atoms with van der Waals surface area (Å²) in [5, 5.41) is 7.09. The predicted octanol–water partition coefficient (Wildman–Crippen LogP) is 2.68. The topological polar surface area (TPSA) is 82.6 Å². The third kappa shape index (κ3) is 6.78. The molecule has 2 rings (SSSR count). The van der Waals surface area contributed by atoms with Gasteiger partial charge in [0.25, 0.3) is 0 Å². The van der Waals surface area contributed by atoms with Gasteiger partial charge in [0.05, 0.1) is 18.3 Å². The number of nitrogens with one attached hydrogen (secondary N) is 3. The van der Waals surface area contributed by atoms with Gasteiger partial charge in [-0.25, -0.2) is 13.1 Å². The van der Waals surface area contributed by atoms with Crippen molar-refractivity contribution in [3.05, 3.63) is 34.9 Å². The summed E-state index contributed by atoms with van der Waals surface area (Å²) in [5.41, 5.74) is 0.967. The molecule has 8 heteroatoms. The molecule has 26 heavy (non-hydrogen) atoms. The van der Waals surface area contributed by atoms with Gasteiger partial charge in [0.15, 0.2) is 5.96 Å². The van der Waals surface area contributed by atoms with Crippen LogP contribution >= 0.6 is 11.6 Å². The minimum atomic E-state index is -3.28. The average Bonchev–Trinajstić information content (AvgIpc) is 2.53. The Kier molecular flexibility index (Phi) is 8.18. The van der Waals surface area contributed by atoms with E-state index in [4.69, 9.17) is 11.6 Å². The summed E-state index contributed by atoms with van der Waals surface area (Å²) >= 11 is 6.23. The fourth-order valence-corrected chi connectivity index (χ4v) is 3.99. The zero-order valence-corrected chi connectivity index (χ0v) is 17.0. The van der Waals surface area contributed by atoms with Crippen LogP contribution in [0, 0.1) is 5.92 Å². The molecule has 0 aliphatic heterocycles. The molecule has 0 amide bonds. The molecule has 1 saturated carbocycles. The molecule has 1 aliphatic carbocycles. The third-order valence-electron chi connectivity index (χ3n) is 4.52. The summed E-state index contributed by atoms with van der Waals surface area (Å²) in [6, 6.07) is 7.58. The van der Waals surface area contributed by atoms with E-state index >= 15 is 0 Å². The highest BCUT2D eigenvalue weighted by molar-refractivity contribution is 7.89. The van der Waals surface area contributed by atoms with Crippen LogP contribution in [0.4, 0.5) is 0 Å². The van der Waals surface area contributed by atoms with Crippen molar-refractivity contribution in [2.45, 2.75) is 39.2 Å². The van der Waals surface area contributed by atoms with Crippen LogP contribution in [0.15, 0.2) is 29.3 Å². The van der Waals surface area contributed by atoms with E-state index in [2.05, 4.69) is 20.3 Å². The second kappa shape index (κ2) is 10.1. The summed E-state index contributed by atoms with van der Waals surface area (Å²) in [6.07, 6.45) is 3.45. The molecular weight excluding hydrogens is 372 g/mol. The first-order valence-electron chi connectivity index (χ1n) is 9.18. The highest BCUT2D eigenvalue weighted by Gasteiger charge is 2.20. The molecule has 0 radical (unpaired) electrons. The summed E-state index contributed by atoms with van der Waals surface area (Å²) in [5.74, 6) is 1.06. The van der Waals surface area contributed by atoms with Gasteiger partial charge >= 0.3 is 0 Å². The highest BCUT2D eigenvalue weighted by Crippen LogP contribution is 2.25. The summed E-state index contributed by atoms with van der Waals surface area (Å²) < 4.78 is 26.8. The van der Waals surface area contributed by atoms with Gasteiger partial charge in [0, 0.05) is 18.1 Å². The number of rotatable bonds is 9. The number of sulfonamides is 1. The Labute approximate surface area is 161 Å². The Bertz CT molecular complexity index is 705. The van der Waals surface area contributed by atoms with Crippen molar-refractivity contribution in [1.82, 2.24) is 15.4 Å². The Morgan fingerprint density at radius 1 is 1.35 bits per heavy atom. The van der Waals surface area contributed by atoms with Crippen LogP contribution in [0.2, 0.25) is 5.02 Å². The smallest absolute Gasteiger partial charge is 0.213 e. The minimum Gasteiger partial charge on any atom is -0.357 e. The van der Waals surface area contributed by atoms with Crippen molar-refractivity contribution in [3.63, 3.8) is 0 Å². The van der Waals surface area contributed by atoms with Gasteiger partial charge in [0.2, 0.25) is 10.0 Å². The van der Waals surface area contributed by atoms with Crippen molar-refractivity contribution in [1.29, 1.82) is 0 Å². The zero-order valence-electron chi connectivity index (χ0n) is 15.5. The third-order valence-corrected chi connectivity index (χ3v) is 6.19. The first kappa shape index (κ1) is 21.0. The lowest BCUT2D eigenvalue weighted by atomic mass is 9.86. The Balaban J connectivity index is 1.88. The number of hydrogen-bond acceptors (Lipinski definition) is 3. The molecule has 1 aliphatic rings. The van der Waals surface area contributed by atoms with Crippen molar-refractivity contribution < 1.29 is 8.42 Å². The Morgan fingerprint density at radius 3 is 2.69 bits per heavy atom. The second-order valence-corrected chi connectivity index (χ2v) is 8.95. The molecule has 1 fully saturated rings. The number of halogens is 1. The Hall–Kier alpha value is -1.31. The SMILES string of the molecule is CCNC(=NCCS(=O)(=O)NCC1CCC1)NC(C)c1ccccc1Cl. The lowest BCUT2D eigenvalue weighted by molar-refractivity contribution is 0.316. The number of hydrogen-bond donors (Lipinski definition) is 3. The van der Waals surface area contributed by atoms with Gasteiger partial charge in [-0.05, 0) is 44.2 Å². The van der Waals surface area contributed by atoms with E-state index in [-0.39, 0.29) is 18.3 Å². The van der Waals surface area contributed by atoms with Crippen molar-refractivity contribution in [2.24, 2.45) is 10.9 Å². The van der Waals surface area contributed by atoms with E-state index in [1.807, 2.05) is 38.1 Å². The molecule has 1 aromatic rings. The molecule has 6 nitrogen and oxygen atoms in total. The van der Waals surface area contributed by atoms with Crippen LogP contribution in [0.3, 0.4) is 0 Å². The van der Waals surface area contributed by atoms with Gasteiger partial charge in [0.1, 0.15) is 0 Å². The largest absolute Gasteiger partial charge is 0.357 e. The molecule has 1 unspecified atom stereocenters. The van der Waals surface area contributed by atoms with E-state index in [1.165, 1.54) is 6.42 Å². The van der Waals surface area contributed by atoms with Crippen LogP contribution in [-0.2, 0) is 10.0 Å². The summed E-state index contributed by atoms with van der Waals surface area (Å²) in [7, 11) is -3.28. The molecule has 0 saturated heterocycles. The van der Waals surface area contributed by atoms with Gasteiger partial charge in [-0.15, -0.1) is 0 Å². The molecule has 0 aromatic heterocycles. The van der Waals surface area contributed by atoms with Gasteiger partial charge in [-0.2, -0.15) is 0 Å². The normalized spacial score (nSPS) is 16.8. The molecule has 146 valence electrons. The Morgan fingerprint density at radius 2 is 2.08 bits per heavy atom. The number of aliphatic imine (C=N–C) groups is 1. The molecule has 3 N–H and O–H groups in total. The maximum Gasteiger partial charge on any atom is 0.213 e. The molecule has 0 heterocycles. The molecule has 1 aromatic carbocycles. The first-order valence-corrected chi connectivity index (χ1v) is 11.2. The maximum atomic E-state index is 12.1. The van der Waals surface area contributed by atoms with Gasteiger partial charge in [-0.1, -0.05) is 36.2 Å². The van der Waals surface area contributed by atoms with Crippen LogP contribution in [0.5, 0.6) is 0 Å². The van der Waals surface area contributed by atoms with E-state index in [9.17, 15) is 8.42 Å². The van der Waals surface area contributed by atoms with E-state index in [1.54, 1.807) is 0 Å². The number of guanidine groups is 1. The monoisotopic (exact) mass is 400 g/mol. The van der Waals surface area contributed by atoms with Crippen LogP contribution in [0.25, 0.3) is 0 Å². The van der Waals surface area contributed by atoms with E-state index < -0.39 is 10.0 Å². The standard InChI is InChI=1S/C18H29ClN4O2S/c1-3-20-18(23-14(2)16-9-4-5-10-17(16)19)21-11-12-26(24,25)22-13-15-7-6-8-15/h4-5,9-10,14-15,22H,3,6-8,11-13H2,1-2H3,(H2,20,21,23). The lowest BCUT2D eigenvalue weighted by Crippen LogP contribution is -2.39.